The van der Waals surface area contributed by atoms with Gasteiger partial charge in [-0.1, -0.05) is 48.5 Å². The molecule has 0 radical (unpaired) electrons. The molecule has 1 saturated heterocycles. The molecule has 4 nitrogen and oxygen atoms in total. The lowest BCUT2D eigenvalue weighted by Gasteiger charge is -2.18. The molecule has 2 aromatic carbocycles. The molecule has 1 aliphatic heterocycles. The summed E-state index contributed by atoms with van der Waals surface area (Å²) in [5, 5.41) is 0. The molecule has 1 atom stereocenters. The molecule has 0 spiro atoms. The number of ether oxygens (including phenoxy) is 1. The zero-order valence-corrected chi connectivity index (χ0v) is 13.1. The summed E-state index contributed by atoms with van der Waals surface area (Å²) in [7, 11) is 0. The van der Waals surface area contributed by atoms with Crippen molar-refractivity contribution in [2.45, 2.75) is 18.4 Å². The first-order valence-electron chi connectivity index (χ1n) is 8.17. The fourth-order valence-electron chi connectivity index (χ4n) is 3.68. The summed E-state index contributed by atoms with van der Waals surface area (Å²) >= 11 is 0. The lowest BCUT2D eigenvalue weighted by Crippen LogP contribution is -2.62. The van der Waals surface area contributed by atoms with Crippen LogP contribution < -0.4 is 5.73 Å². The van der Waals surface area contributed by atoms with E-state index in [1.807, 2.05) is 12.1 Å². The SMILES string of the molecule is [NH3+][C@H]1CCN(C(=O)OCC2c3ccccc3-c3ccccc32)C1. The second-order valence-electron chi connectivity index (χ2n) is 6.40. The number of likely N-dealkylation sites (tertiary alicyclic amines) is 1. The van der Waals surface area contributed by atoms with E-state index in [0.29, 0.717) is 19.2 Å². The molecule has 1 amide bonds. The number of nitrogens with zero attached hydrogens (tertiary/aromatic N) is 1. The number of carbonyl (C=O) groups excluding carboxylic acids is 1. The summed E-state index contributed by atoms with van der Waals surface area (Å²) in [5.74, 6) is 0.129. The zero-order valence-electron chi connectivity index (χ0n) is 13.1. The first-order valence-corrected chi connectivity index (χ1v) is 8.17. The van der Waals surface area contributed by atoms with E-state index < -0.39 is 0 Å². The number of quaternary nitrogens is 1. The number of hydrogen-bond donors (Lipinski definition) is 1. The summed E-state index contributed by atoms with van der Waals surface area (Å²) in [5.41, 5.74) is 9.02. The van der Waals surface area contributed by atoms with Gasteiger partial charge in [0.15, 0.2) is 0 Å². The molecule has 0 unspecified atom stereocenters. The third-order valence-electron chi connectivity index (χ3n) is 4.88. The van der Waals surface area contributed by atoms with Crippen molar-refractivity contribution in [1.29, 1.82) is 0 Å². The second kappa shape index (κ2) is 5.70. The van der Waals surface area contributed by atoms with E-state index in [0.717, 1.165) is 13.0 Å². The fourth-order valence-corrected chi connectivity index (χ4v) is 3.68. The van der Waals surface area contributed by atoms with Crippen molar-refractivity contribution in [3.05, 3.63) is 59.7 Å². The largest absolute Gasteiger partial charge is 0.448 e. The Bertz CT molecular complexity index is 698. The lowest BCUT2D eigenvalue weighted by molar-refractivity contribution is -0.413. The Morgan fingerprint density at radius 2 is 1.70 bits per heavy atom. The molecule has 0 bridgehead atoms. The molecule has 4 heteroatoms. The smallest absolute Gasteiger partial charge is 0.410 e. The number of amides is 1. The molecule has 1 heterocycles. The summed E-state index contributed by atoms with van der Waals surface area (Å²) < 4.78 is 5.63. The van der Waals surface area contributed by atoms with Crippen LogP contribution in [0.1, 0.15) is 23.5 Å². The van der Waals surface area contributed by atoms with Crippen molar-refractivity contribution in [2.75, 3.05) is 19.7 Å². The third-order valence-corrected chi connectivity index (χ3v) is 4.88. The summed E-state index contributed by atoms with van der Waals surface area (Å²) in [6.45, 7) is 1.85. The fraction of sp³-hybridized carbons (Fsp3) is 0.316. The zero-order chi connectivity index (χ0) is 15.8. The van der Waals surface area contributed by atoms with Crippen LogP contribution in [0, 0.1) is 0 Å². The van der Waals surface area contributed by atoms with Gasteiger partial charge in [-0.05, 0) is 22.3 Å². The minimum Gasteiger partial charge on any atom is -0.448 e. The second-order valence-corrected chi connectivity index (χ2v) is 6.40. The van der Waals surface area contributed by atoms with Crippen LogP contribution in [-0.2, 0) is 4.74 Å². The normalized spacial score (nSPS) is 19.5. The van der Waals surface area contributed by atoms with Gasteiger partial charge < -0.3 is 15.4 Å². The summed E-state index contributed by atoms with van der Waals surface area (Å²) in [4.78, 5) is 14.0. The van der Waals surface area contributed by atoms with E-state index in [1.54, 1.807) is 4.90 Å². The first kappa shape index (κ1) is 14.3. The third kappa shape index (κ3) is 2.49. The van der Waals surface area contributed by atoms with Gasteiger partial charge in [-0.15, -0.1) is 0 Å². The molecule has 2 aromatic rings. The van der Waals surface area contributed by atoms with Gasteiger partial charge in [0.2, 0.25) is 0 Å². The van der Waals surface area contributed by atoms with Crippen molar-refractivity contribution in [3.8, 4) is 11.1 Å². The Morgan fingerprint density at radius 3 is 2.26 bits per heavy atom. The molecular weight excluding hydrogens is 288 g/mol. The molecule has 3 N–H and O–H groups in total. The molecular formula is C19H21N2O2+. The van der Waals surface area contributed by atoms with Crippen LogP contribution in [0.25, 0.3) is 11.1 Å². The molecule has 1 fully saturated rings. The molecule has 0 aromatic heterocycles. The number of fused-ring (bicyclic) bond motifs is 3. The van der Waals surface area contributed by atoms with Gasteiger partial charge in [0.25, 0.3) is 0 Å². The predicted molar refractivity (Wildman–Crippen MR) is 87.9 cm³/mol. The Morgan fingerprint density at radius 1 is 1.09 bits per heavy atom. The monoisotopic (exact) mass is 309 g/mol. The van der Waals surface area contributed by atoms with Crippen molar-refractivity contribution >= 4 is 6.09 Å². The molecule has 4 rings (SSSR count). The summed E-state index contributed by atoms with van der Waals surface area (Å²) in [6, 6.07) is 17.1. The average molecular weight is 309 g/mol. The number of hydrogen-bond acceptors (Lipinski definition) is 2. The topological polar surface area (TPSA) is 57.2 Å². The highest BCUT2D eigenvalue weighted by molar-refractivity contribution is 5.79. The number of rotatable bonds is 2. The van der Waals surface area contributed by atoms with Gasteiger partial charge in [-0.25, -0.2) is 4.79 Å². The summed E-state index contributed by atoms with van der Waals surface area (Å²) in [6.07, 6.45) is 0.752. The highest BCUT2D eigenvalue weighted by Crippen LogP contribution is 2.44. The Labute approximate surface area is 135 Å². The van der Waals surface area contributed by atoms with Gasteiger partial charge in [0.1, 0.15) is 12.6 Å². The highest BCUT2D eigenvalue weighted by Gasteiger charge is 2.31. The molecule has 1 aliphatic carbocycles. The highest BCUT2D eigenvalue weighted by atomic mass is 16.6. The lowest BCUT2D eigenvalue weighted by atomic mass is 9.98. The van der Waals surface area contributed by atoms with Crippen molar-refractivity contribution in [2.24, 2.45) is 0 Å². The van der Waals surface area contributed by atoms with Crippen LogP contribution in [0.4, 0.5) is 4.79 Å². The van der Waals surface area contributed by atoms with Crippen molar-refractivity contribution in [1.82, 2.24) is 4.90 Å². The maximum Gasteiger partial charge on any atom is 0.410 e. The quantitative estimate of drug-likeness (QED) is 0.925. The Balaban J connectivity index is 1.54. The maximum atomic E-state index is 12.2. The Kier molecular flexibility index (Phi) is 3.54. The van der Waals surface area contributed by atoms with E-state index >= 15 is 0 Å². The molecule has 0 saturated carbocycles. The van der Waals surface area contributed by atoms with Crippen molar-refractivity contribution in [3.63, 3.8) is 0 Å². The first-order chi connectivity index (χ1) is 11.2. The maximum absolute atomic E-state index is 12.2. The standard InChI is InChI=1S/C19H20N2O2/c20-13-9-10-21(11-13)19(22)23-12-18-16-7-3-1-5-14(16)15-6-2-4-8-17(15)18/h1-8,13,18H,9-12,20H2/p+1/t13-/m0/s1. The van der Waals surface area contributed by atoms with Gasteiger partial charge in [0, 0.05) is 18.9 Å². The minimum absolute atomic E-state index is 0.129. The van der Waals surface area contributed by atoms with E-state index in [1.165, 1.54) is 22.3 Å². The molecule has 118 valence electrons. The average Bonchev–Trinajstić information content (AvgIpc) is 3.15. The van der Waals surface area contributed by atoms with Crippen LogP contribution >= 0.6 is 0 Å². The molecule has 23 heavy (non-hydrogen) atoms. The van der Waals surface area contributed by atoms with E-state index in [9.17, 15) is 4.79 Å². The number of carbonyl (C=O) groups is 1. The predicted octanol–water partition coefficient (Wildman–Crippen LogP) is 2.25. The van der Waals surface area contributed by atoms with Gasteiger partial charge in [0.05, 0.1) is 6.54 Å². The van der Waals surface area contributed by atoms with Crippen LogP contribution in [0.5, 0.6) is 0 Å². The van der Waals surface area contributed by atoms with Gasteiger partial charge >= 0.3 is 6.09 Å². The van der Waals surface area contributed by atoms with Crippen LogP contribution in [0.2, 0.25) is 0 Å². The van der Waals surface area contributed by atoms with Gasteiger partial charge in [-0.2, -0.15) is 0 Å². The van der Waals surface area contributed by atoms with Crippen molar-refractivity contribution < 1.29 is 15.3 Å². The van der Waals surface area contributed by atoms with Crippen LogP contribution in [0.15, 0.2) is 48.5 Å². The Hall–Kier alpha value is -2.33. The minimum atomic E-state index is -0.210. The van der Waals surface area contributed by atoms with E-state index in [-0.39, 0.29) is 12.0 Å². The van der Waals surface area contributed by atoms with Gasteiger partial charge in [-0.3, -0.25) is 0 Å². The number of benzene rings is 2. The van der Waals surface area contributed by atoms with Crippen LogP contribution in [-0.4, -0.2) is 36.7 Å². The van der Waals surface area contributed by atoms with Crippen LogP contribution in [0.3, 0.4) is 0 Å². The van der Waals surface area contributed by atoms with E-state index in [2.05, 4.69) is 42.1 Å². The van der Waals surface area contributed by atoms with E-state index in [4.69, 9.17) is 4.74 Å². The molecule has 2 aliphatic rings.